The van der Waals surface area contributed by atoms with Crippen molar-refractivity contribution < 1.29 is 13.6 Å². The van der Waals surface area contributed by atoms with E-state index < -0.39 is 11.6 Å². The van der Waals surface area contributed by atoms with Gasteiger partial charge < -0.3 is 4.57 Å². The molecule has 182 valence electrons. The number of benzene rings is 2. The van der Waals surface area contributed by atoms with Crippen LogP contribution in [0.25, 0.3) is 11.4 Å². The summed E-state index contributed by atoms with van der Waals surface area (Å²) in [4.78, 5) is 26.8. The van der Waals surface area contributed by atoms with Crippen LogP contribution < -0.4 is 4.90 Å². The van der Waals surface area contributed by atoms with Crippen molar-refractivity contribution in [3.8, 4) is 11.4 Å². The molecule has 3 heterocycles. The lowest BCUT2D eigenvalue weighted by Crippen LogP contribution is -2.50. The fraction of sp³-hybridized carbons (Fsp3) is 0.346. The second-order valence-electron chi connectivity index (χ2n) is 9.29. The molecular weight excluding hydrogens is 472 g/mol. The molecule has 6 nitrogen and oxygen atoms in total. The first-order chi connectivity index (χ1) is 16.7. The molecule has 35 heavy (non-hydrogen) atoms. The van der Waals surface area contributed by atoms with Gasteiger partial charge in [0.25, 0.3) is 5.91 Å². The van der Waals surface area contributed by atoms with E-state index in [9.17, 15) is 13.6 Å². The average Bonchev–Trinajstić information content (AvgIpc) is 3.40. The molecule has 2 aliphatic heterocycles. The number of carbonyl (C=O) groups is 1. The van der Waals surface area contributed by atoms with Gasteiger partial charge in [-0.1, -0.05) is 43.6 Å². The van der Waals surface area contributed by atoms with Gasteiger partial charge in [0.1, 0.15) is 23.3 Å². The van der Waals surface area contributed by atoms with Gasteiger partial charge in [-0.2, -0.15) is 0 Å². The van der Waals surface area contributed by atoms with Crippen LogP contribution in [0.1, 0.15) is 42.4 Å². The molecule has 0 aliphatic carbocycles. The molecule has 9 heteroatoms. The summed E-state index contributed by atoms with van der Waals surface area (Å²) in [5.41, 5.74) is 2.18. The van der Waals surface area contributed by atoms with Gasteiger partial charge in [0.05, 0.1) is 19.1 Å². The lowest BCUT2D eigenvalue weighted by Gasteiger charge is -2.33. The van der Waals surface area contributed by atoms with E-state index in [2.05, 4.69) is 13.8 Å². The molecule has 2 aliphatic rings. The second kappa shape index (κ2) is 8.75. The molecule has 1 amide bonds. The number of aliphatic imine (C=N–C) groups is 1. The Kier molecular flexibility index (Phi) is 5.87. The Balaban J connectivity index is 1.74. The third-order valence-corrected chi connectivity index (χ3v) is 7.04. The minimum absolute atomic E-state index is 0.000904. The molecule has 2 aromatic carbocycles. The summed E-state index contributed by atoms with van der Waals surface area (Å²) >= 11 is 6.42. The van der Waals surface area contributed by atoms with Gasteiger partial charge in [0, 0.05) is 28.8 Å². The Morgan fingerprint density at radius 3 is 2.60 bits per heavy atom. The Hall–Kier alpha value is -3.26. The highest BCUT2D eigenvalue weighted by Crippen LogP contribution is 2.38. The summed E-state index contributed by atoms with van der Waals surface area (Å²) < 4.78 is 30.2. The van der Waals surface area contributed by atoms with Crippen molar-refractivity contribution in [2.24, 2.45) is 10.9 Å². The molecule has 0 saturated heterocycles. The van der Waals surface area contributed by atoms with Gasteiger partial charge in [0.2, 0.25) is 5.96 Å². The molecule has 3 aromatic rings. The zero-order valence-corrected chi connectivity index (χ0v) is 20.8. The number of aryl methyl sites for hydroxylation is 1. The number of fused-ring (bicyclic) bond motifs is 3. The molecular formula is C26H26ClF2N5O. The van der Waals surface area contributed by atoms with Crippen molar-refractivity contribution in [3.05, 3.63) is 69.9 Å². The number of aromatic nitrogens is 2. The summed E-state index contributed by atoms with van der Waals surface area (Å²) in [7, 11) is 0. The average molecular weight is 498 g/mol. The normalized spacial score (nSPS) is 17.2. The van der Waals surface area contributed by atoms with E-state index in [-0.39, 0.29) is 35.7 Å². The van der Waals surface area contributed by atoms with Crippen molar-refractivity contribution in [2.45, 2.75) is 40.3 Å². The molecule has 1 aromatic heterocycles. The first-order valence-corrected chi connectivity index (χ1v) is 12.1. The predicted octanol–water partition coefficient (Wildman–Crippen LogP) is 5.51. The van der Waals surface area contributed by atoms with E-state index in [1.807, 2.05) is 35.4 Å². The van der Waals surface area contributed by atoms with E-state index >= 15 is 0 Å². The number of guanidine groups is 1. The quantitative estimate of drug-likeness (QED) is 0.466. The summed E-state index contributed by atoms with van der Waals surface area (Å²) in [5, 5.41) is 0.563. The van der Waals surface area contributed by atoms with Crippen molar-refractivity contribution in [1.82, 2.24) is 14.5 Å². The molecule has 0 radical (unpaired) electrons. The molecule has 1 atom stereocenters. The molecule has 5 rings (SSSR count). The summed E-state index contributed by atoms with van der Waals surface area (Å²) in [6.45, 7) is 9.08. The number of nitrogens with zero attached hydrogens (tertiary/aromatic N) is 5. The summed E-state index contributed by atoms with van der Waals surface area (Å²) in [5.74, 6) is 0.348. The van der Waals surface area contributed by atoms with E-state index in [1.165, 1.54) is 12.1 Å². The number of hydrogen-bond acceptors (Lipinski definition) is 4. The Morgan fingerprint density at radius 1 is 1.17 bits per heavy atom. The van der Waals surface area contributed by atoms with E-state index in [4.69, 9.17) is 21.6 Å². The SMILES string of the molecule is CCN1C(=O)c2nc(-c3ccc(C)c(Cl)c3)n(Cc3ccc(F)cc3F)c2N2C[C@@H](C(C)C)N=C12. The molecule has 0 spiro atoms. The number of hydrogen-bond donors (Lipinski definition) is 0. The fourth-order valence-corrected chi connectivity index (χ4v) is 4.75. The van der Waals surface area contributed by atoms with Gasteiger partial charge in [0.15, 0.2) is 5.69 Å². The van der Waals surface area contributed by atoms with Crippen LogP contribution in [0.3, 0.4) is 0 Å². The second-order valence-corrected chi connectivity index (χ2v) is 9.70. The van der Waals surface area contributed by atoms with Crippen LogP contribution >= 0.6 is 11.6 Å². The highest BCUT2D eigenvalue weighted by Gasteiger charge is 2.44. The molecule has 0 saturated carbocycles. The van der Waals surface area contributed by atoms with Gasteiger partial charge >= 0.3 is 0 Å². The van der Waals surface area contributed by atoms with E-state index in [0.717, 1.165) is 11.6 Å². The maximum Gasteiger partial charge on any atom is 0.283 e. The highest BCUT2D eigenvalue weighted by atomic mass is 35.5. The van der Waals surface area contributed by atoms with Crippen LogP contribution in [0.15, 0.2) is 41.4 Å². The van der Waals surface area contributed by atoms with Crippen molar-refractivity contribution in [2.75, 3.05) is 18.0 Å². The van der Waals surface area contributed by atoms with Crippen molar-refractivity contribution in [3.63, 3.8) is 0 Å². The van der Waals surface area contributed by atoms with Gasteiger partial charge in [-0.15, -0.1) is 0 Å². The number of rotatable bonds is 5. The van der Waals surface area contributed by atoms with Crippen LogP contribution in [0.4, 0.5) is 14.6 Å². The van der Waals surface area contributed by atoms with Crippen molar-refractivity contribution in [1.29, 1.82) is 0 Å². The summed E-state index contributed by atoms with van der Waals surface area (Å²) in [6, 6.07) is 9.06. The number of carbonyl (C=O) groups excluding carboxylic acids is 1. The smallest absolute Gasteiger partial charge is 0.283 e. The minimum Gasteiger partial charge on any atom is -0.305 e. The standard InChI is InChI=1S/C26H26ClF2N5O/c1-5-32-25(35)22-24(34-13-21(14(2)3)30-26(32)34)33(12-17-8-9-18(28)11-20(17)29)23(31-22)16-7-6-15(4)19(27)10-16/h6-11,14,21H,5,12-13H2,1-4H3/t21-/m0/s1. The highest BCUT2D eigenvalue weighted by molar-refractivity contribution is 6.31. The Morgan fingerprint density at radius 2 is 1.94 bits per heavy atom. The van der Waals surface area contributed by atoms with Gasteiger partial charge in [-0.25, -0.2) is 18.8 Å². The van der Waals surface area contributed by atoms with Crippen LogP contribution in [0, 0.1) is 24.5 Å². The largest absolute Gasteiger partial charge is 0.305 e. The topological polar surface area (TPSA) is 53.7 Å². The van der Waals surface area contributed by atoms with Crippen molar-refractivity contribution >= 4 is 29.3 Å². The predicted molar refractivity (Wildman–Crippen MR) is 133 cm³/mol. The maximum absolute atomic E-state index is 14.7. The zero-order valence-electron chi connectivity index (χ0n) is 20.0. The summed E-state index contributed by atoms with van der Waals surface area (Å²) in [6.07, 6.45) is 0. The van der Waals surface area contributed by atoms with Crippen LogP contribution in [0.5, 0.6) is 0 Å². The minimum atomic E-state index is -0.659. The molecule has 0 N–H and O–H groups in total. The monoisotopic (exact) mass is 497 g/mol. The van der Waals surface area contributed by atoms with Crippen LogP contribution in [-0.2, 0) is 6.54 Å². The number of halogens is 3. The third-order valence-electron chi connectivity index (χ3n) is 6.64. The molecule has 0 fully saturated rings. The number of amides is 1. The first kappa shape index (κ1) is 23.5. The van der Waals surface area contributed by atoms with E-state index in [1.54, 1.807) is 11.0 Å². The first-order valence-electron chi connectivity index (χ1n) is 11.7. The lowest BCUT2D eigenvalue weighted by molar-refractivity contribution is 0.0841. The fourth-order valence-electron chi connectivity index (χ4n) is 4.57. The zero-order chi connectivity index (χ0) is 25.0. The van der Waals surface area contributed by atoms with E-state index in [0.29, 0.717) is 41.3 Å². The number of imidazole rings is 1. The Bertz CT molecular complexity index is 1370. The third kappa shape index (κ3) is 3.89. The molecule has 0 bridgehead atoms. The van der Waals surface area contributed by atoms with Crippen LogP contribution in [-0.4, -0.2) is 45.4 Å². The number of anilines is 1. The Labute approximate surface area is 207 Å². The van der Waals surface area contributed by atoms with Gasteiger partial charge in [-0.05, 0) is 37.5 Å². The van der Waals surface area contributed by atoms with Crippen LogP contribution in [0.2, 0.25) is 5.02 Å². The molecule has 0 unspecified atom stereocenters. The lowest BCUT2D eigenvalue weighted by atomic mass is 10.1. The maximum atomic E-state index is 14.7. The van der Waals surface area contributed by atoms with Gasteiger partial charge in [-0.3, -0.25) is 14.6 Å².